The Hall–Kier alpha value is -2.28. The van der Waals surface area contributed by atoms with Crippen LogP contribution < -0.4 is 5.32 Å². The fourth-order valence-electron chi connectivity index (χ4n) is 1.36. The van der Waals surface area contributed by atoms with Crippen molar-refractivity contribution in [1.29, 1.82) is 0 Å². The maximum atomic E-state index is 13.0. The quantitative estimate of drug-likeness (QED) is 0.685. The van der Waals surface area contributed by atoms with Crippen molar-refractivity contribution in [3.63, 3.8) is 0 Å². The van der Waals surface area contributed by atoms with E-state index >= 15 is 0 Å². The summed E-state index contributed by atoms with van der Waals surface area (Å²) >= 11 is 1.19. The van der Waals surface area contributed by atoms with Crippen LogP contribution in [0.1, 0.15) is 9.67 Å². The number of nitro groups is 1. The minimum absolute atomic E-state index is 0.154. The largest absolute Gasteiger partial charge is 0.315 e. The number of hydrogen-bond donors (Lipinski definition) is 1. The lowest BCUT2D eigenvalue weighted by Crippen LogP contribution is -2.11. The van der Waals surface area contributed by atoms with Gasteiger partial charge in [-0.2, -0.15) is 0 Å². The van der Waals surface area contributed by atoms with E-state index in [0.717, 1.165) is 18.2 Å². The second-order valence-corrected chi connectivity index (χ2v) is 4.30. The number of hydrogen-bond acceptors (Lipinski definition) is 4. The Balaban J connectivity index is 2.31. The number of carbonyl (C=O) groups excluding carboxylic acids is 1. The van der Waals surface area contributed by atoms with E-state index in [4.69, 9.17) is 0 Å². The number of benzene rings is 1. The van der Waals surface area contributed by atoms with Gasteiger partial charge in [-0.3, -0.25) is 14.9 Å². The first kappa shape index (κ1) is 12.2. The molecule has 0 aliphatic rings. The van der Waals surface area contributed by atoms with Gasteiger partial charge in [-0.25, -0.2) is 4.39 Å². The molecule has 1 amide bonds. The topological polar surface area (TPSA) is 72.2 Å². The van der Waals surface area contributed by atoms with Crippen LogP contribution in [0.15, 0.2) is 35.7 Å². The number of thiophene rings is 1. The second-order valence-electron chi connectivity index (χ2n) is 3.35. The summed E-state index contributed by atoms with van der Waals surface area (Å²) in [7, 11) is 0. The van der Waals surface area contributed by atoms with E-state index in [9.17, 15) is 19.3 Å². The van der Waals surface area contributed by atoms with Crippen molar-refractivity contribution in [3.05, 3.63) is 56.5 Å². The van der Waals surface area contributed by atoms with Gasteiger partial charge in [-0.15, -0.1) is 11.3 Å². The minimum Gasteiger partial charge on any atom is -0.315 e. The molecule has 0 saturated carbocycles. The standard InChI is InChI=1S/C11H7FN2O3S/c12-7-3-4-9(14(16)17)8(6-7)13-11(15)10-2-1-5-18-10/h1-6H,(H,13,15). The number of nitrogens with one attached hydrogen (secondary N) is 1. The summed E-state index contributed by atoms with van der Waals surface area (Å²) in [5, 5.41) is 14.8. The van der Waals surface area contributed by atoms with Crippen LogP contribution in [0.3, 0.4) is 0 Å². The molecule has 0 fully saturated rings. The maximum Gasteiger partial charge on any atom is 0.292 e. The SMILES string of the molecule is O=C(Nc1cc(F)ccc1[N+](=O)[O-])c1cccs1. The van der Waals surface area contributed by atoms with Gasteiger partial charge < -0.3 is 5.32 Å². The van der Waals surface area contributed by atoms with Crippen LogP contribution in [0.25, 0.3) is 0 Å². The monoisotopic (exact) mass is 266 g/mol. The molecule has 0 bridgehead atoms. The van der Waals surface area contributed by atoms with Crippen molar-refractivity contribution < 1.29 is 14.1 Å². The van der Waals surface area contributed by atoms with Gasteiger partial charge in [0.2, 0.25) is 0 Å². The van der Waals surface area contributed by atoms with Crippen LogP contribution in [0.5, 0.6) is 0 Å². The summed E-state index contributed by atoms with van der Waals surface area (Å²) in [6.07, 6.45) is 0. The lowest BCUT2D eigenvalue weighted by Gasteiger charge is -2.04. The lowest BCUT2D eigenvalue weighted by molar-refractivity contribution is -0.384. The Labute approximate surface area is 105 Å². The van der Waals surface area contributed by atoms with Crippen LogP contribution in [0, 0.1) is 15.9 Å². The van der Waals surface area contributed by atoms with Crippen molar-refractivity contribution >= 4 is 28.6 Å². The van der Waals surface area contributed by atoms with E-state index in [1.54, 1.807) is 17.5 Å². The molecule has 0 spiro atoms. The highest BCUT2D eigenvalue weighted by Gasteiger charge is 2.17. The first-order valence-corrected chi connectivity index (χ1v) is 5.74. The number of nitrogens with zero attached hydrogens (tertiary/aromatic N) is 1. The van der Waals surface area contributed by atoms with E-state index in [2.05, 4.69) is 5.32 Å². The number of carbonyl (C=O) groups is 1. The molecular weight excluding hydrogens is 259 g/mol. The summed E-state index contributed by atoms with van der Waals surface area (Å²) in [6, 6.07) is 6.16. The molecule has 0 unspecified atom stereocenters. The van der Waals surface area contributed by atoms with Crippen LogP contribution in [-0.2, 0) is 0 Å². The zero-order chi connectivity index (χ0) is 13.1. The number of amides is 1. The molecule has 92 valence electrons. The van der Waals surface area contributed by atoms with E-state index < -0.39 is 16.6 Å². The number of rotatable bonds is 3. The van der Waals surface area contributed by atoms with Crippen molar-refractivity contribution in [3.8, 4) is 0 Å². The molecule has 18 heavy (non-hydrogen) atoms. The van der Waals surface area contributed by atoms with Gasteiger partial charge in [0.1, 0.15) is 11.5 Å². The highest BCUT2D eigenvalue weighted by molar-refractivity contribution is 7.12. The average Bonchev–Trinajstić information content (AvgIpc) is 2.81. The Morgan fingerprint density at radius 1 is 1.39 bits per heavy atom. The zero-order valence-electron chi connectivity index (χ0n) is 8.92. The van der Waals surface area contributed by atoms with Crippen molar-refractivity contribution in [2.75, 3.05) is 5.32 Å². The fourth-order valence-corrected chi connectivity index (χ4v) is 1.98. The molecule has 0 aliphatic heterocycles. The Bertz CT molecular complexity index is 598. The van der Waals surface area contributed by atoms with E-state index in [-0.39, 0.29) is 11.4 Å². The van der Waals surface area contributed by atoms with Crippen LogP contribution in [0.4, 0.5) is 15.8 Å². The molecule has 1 aromatic carbocycles. The maximum absolute atomic E-state index is 13.0. The predicted octanol–water partition coefficient (Wildman–Crippen LogP) is 3.05. The molecule has 2 aromatic rings. The minimum atomic E-state index is -0.677. The molecule has 2 rings (SSSR count). The summed E-state index contributed by atoms with van der Waals surface area (Å²) in [6.45, 7) is 0. The Kier molecular flexibility index (Phi) is 3.33. The molecular formula is C11H7FN2O3S. The van der Waals surface area contributed by atoms with Gasteiger partial charge in [0.15, 0.2) is 0 Å². The first-order valence-electron chi connectivity index (χ1n) is 4.87. The van der Waals surface area contributed by atoms with Gasteiger partial charge in [-0.05, 0) is 17.5 Å². The zero-order valence-corrected chi connectivity index (χ0v) is 9.74. The number of halogens is 1. The lowest BCUT2D eigenvalue weighted by atomic mass is 10.2. The molecule has 1 aromatic heterocycles. The van der Waals surface area contributed by atoms with Crippen molar-refractivity contribution in [2.24, 2.45) is 0 Å². The number of anilines is 1. The van der Waals surface area contributed by atoms with Crippen LogP contribution in [-0.4, -0.2) is 10.8 Å². The second kappa shape index (κ2) is 4.92. The highest BCUT2D eigenvalue weighted by atomic mass is 32.1. The smallest absolute Gasteiger partial charge is 0.292 e. The molecule has 5 nitrogen and oxygen atoms in total. The molecule has 0 atom stereocenters. The Morgan fingerprint density at radius 3 is 2.78 bits per heavy atom. The van der Waals surface area contributed by atoms with Crippen LogP contribution >= 0.6 is 11.3 Å². The van der Waals surface area contributed by atoms with Gasteiger partial charge in [0, 0.05) is 12.1 Å². The normalized spacial score (nSPS) is 10.1. The van der Waals surface area contributed by atoms with E-state index in [0.29, 0.717) is 4.88 Å². The van der Waals surface area contributed by atoms with Crippen molar-refractivity contribution in [1.82, 2.24) is 0 Å². The molecule has 7 heteroatoms. The fraction of sp³-hybridized carbons (Fsp3) is 0. The van der Waals surface area contributed by atoms with Gasteiger partial charge in [0.25, 0.3) is 11.6 Å². The number of nitro benzene ring substituents is 1. The highest BCUT2D eigenvalue weighted by Crippen LogP contribution is 2.25. The third-order valence-electron chi connectivity index (χ3n) is 2.15. The third-order valence-corrected chi connectivity index (χ3v) is 3.02. The summed E-state index contributed by atoms with van der Waals surface area (Å²) < 4.78 is 13.0. The summed E-state index contributed by atoms with van der Waals surface area (Å²) in [4.78, 5) is 22.2. The van der Waals surface area contributed by atoms with Crippen molar-refractivity contribution in [2.45, 2.75) is 0 Å². The molecule has 1 N–H and O–H groups in total. The van der Waals surface area contributed by atoms with Gasteiger partial charge >= 0.3 is 0 Å². The Morgan fingerprint density at radius 2 is 2.17 bits per heavy atom. The summed E-state index contributed by atoms with van der Waals surface area (Å²) in [5.74, 6) is -1.15. The van der Waals surface area contributed by atoms with Gasteiger partial charge in [0.05, 0.1) is 9.80 Å². The third kappa shape index (κ3) is 2.51. The predicted molar refractivity (Wildman–Crippen MR) is 65.3 cm³/mol. The first-order chi connectivity index (χ1) is 8.58. The average molecular weight is 266 g/mol. The van der Waals surface area contributed by atoms with E-state index in [1.165, 1.54) is 11.3 Å². The summed E-state index contributed by atoms with van der Waals surface area (Å²) in [5.41, 5.74) is -0.500. The van der Waals surface area contributed by atoms with Crippen LogP contribution in [0.2, 0.25) is 0 Å². The molecule has 0 saturated heterocycles. The van der Waals surface area contributed by atoms with Gasteiger partial charge in [-0.1, -0.05) is 6.07 Å². The molecule has 0 aliphatic carbocycles. The molecule has 0 radical (unpaired) electrons. The van der Waals surface area contributed by atoms with E-state index in [1.807, 2.05) is 0 Å². The molecule has 1 heterocycles.